The summed E-state index contributed by atoms with van der Waals surface area (Å²) in [6, 6.07) is 7.96. The maximum atomic E-state index is 11.6. The molecule has 0 bridgehead atoms. The standard InChI is InChI=1S/C13H18N2O2/c1-2-17-12-7-5-11(6-8-12)15-13(16)9-14-10-3-4-10/h5-8,10,14H,2-4,9H2,1H3,(H,15,16). The van der Waals surface area contributed by atoms with Crippen LogP contribution < -0.4 is 15.4 Å². The average molecular weight is 234 g/mol. The third kappa shape index (κ3) is 4.07. The van der Waals surface area contributed by atoms with Gasteiger partial charge in [-0.15, -0.1) is 0 Å². The molecule has 4 nitrogen and oxygen atoms in total. The molecule has 0 aromatic heterocycles. The molecule has 2 rings (SSSR count). The molecule has 1 aromatic rings. The van der Waals surface area contributed by atoms with Gasteiger partial charge in [0.2, 0.25) is 5.91 Å². The molecular weight excluding hydrogens is 216 g/mol. The summed E-state index contributed by atoms with van der Waals surface area (Å²) in [6.45, 7) is 2.98. The Hall–Kier alpha value is -1.55. The minimum absolute atomic E-state index is 0.000981. The molecule has 1 amide bonds. The Labute approximate surface area is 101 Å². The van der Waals surface area contributed by atoms with Gasteiger partial charge in [-0.2, -0.15) is 0 Å². The van der Waals surface area contributed by atoms with Crippen LogP contribution in [0.4, 0.5) is 5.69 Å². The highest BCUT2D eigenvalue weighted by Gasteiger charge is 2.20. The van der Waals surface area contributed by atoms with Crippen molar-refractivity contribution in [2.45, 2.75) is 25.8 Å². The van der Waals surface area contributed by atoms with Crippen LogP contribution in [0.2, 0.25) is 0 Å². The third-order valence-corrected chi connectivity index (χ3v) is 2.58. The van der Waals surface area contributed by atoms with Crippen LogP contribution in [0.1, 0.15) is 19.8 Å². The molecule has 1 aliphatic carbocycles. The van der Waals surface area contributed by atoms with Gasteiger partial charge in [0.05, 0.1) is 13.2 Å². The molecule has 2 N–H and O–H groups in total. The van der Waals surface area contributed by atoms with E-state index in [1.54, 1.807) is 0 Å². The fourth-order valence-corrected chi connectivity index (χ4v) is 1.53. The molecule has 1 saturated carbocycles. The second-order valence-electron chi connectivity index (χ2n) is 4.16. The number of anilines is 1. The fourth-order valence-electron chi connectivity index (χ4n) is 1.53. The monoisotopic (exact) mass is 234 g/mol. The van der Waals surface area contributed by atoms with Crippen molar-refractivity contribution in [3.05, 3.63) is 24.3 Å². The van der Waals surface area contributed by atoms with E-state index in [9.17, 15) is 4.79 Å². The predicted molar refractivity (Wildman–Crippen MR) is 67.3 cm³/mol. The number of hydrogen-bond donors (Lipinski definition) is 2. The molecule has 4 heteroatoms. The summed E-state index contributed by atoms with van der Waals surface area (Å²) in [5.41, 5.74) is 0.802. The van der Waals surface area contributed by atoms with E-state index in [-0.39, 0.29) is 5.91 Å². The smallest absolute Gasteiger partial charge is 0.238 e. The van der Waals surface area contributed by atoms with Crippen molar-refractivity contribution in [2.24, 2.45) is 0 Å². The first-order valence-corrected chi connectivity index (χ1v) is 6.04. The lowest BCUT2D eigenvalue weighted by molar-refractivity contribution is -0.115. The van der Waals surface area contributed by atoms with Crippen LogP contribution in [0.25, 0.3) is 0 Å². The lowest BCUT2D eigenvalue weighted by Crippen LogP contribution is -2.29. The van der Waals surface area contributed by atoms with Gasteiger partial charge < -0.3 is 15.4 Å². The van der Waals surface area contributed by atoms with Gasteiger partial charge in [0.1, 0.15) is 5.75 Å². The molecule has 0 aliphatic heterocycles. The zero-order chi connectivity index (χ0) is 12.1. The Morgan fingerprint density at radius 2 is 2.06 bits per heavy atom. The Kier molecular flexibility index (Phi) is 3.98. The lowest BCUT2D eigenvalue weighted by Gasteiger charge is -2.07. The van der Waals surface area contributed by atoms with E-state index >= 15 is 0 Å². The summed E-state index contributed by atoms with van der Waals surface area (Å²) < 4.78 is 5.33. The van der Waals surface area contributed by atoms with E-state index in [0.717, 1.165) is 11.4 Å². The molecule has 1 aliphatic rings. The van der Waals surface area contributed by atoms with Crippen LogP contribution in [0.15, 0.2) is 24.3 Å². The molecule has 0 atom stereocenters. The van der Waals surface area contributed by atoms with Crippen LogP contribution in [0.3, 0.4) is 0 Å². The molecule has 0 heterocycles. The van der Waals surface area contributed by atoms with Crippen molar-refractivity contribution in [1.82, 2.24) is 5.32 Å². The summed E-state index contributed by atoms with van der Waals surface area (Å²) in [5, 5.41) is 6.01. The molecule has 0 radical (unpaired) electrons. The molecule has 92 valence electrons. The number of nitrogens with one attached hydrogen (secondary N) is 2. The van der Waals surface area contributed by atoms with Crippen molar-refractivity contribution in [2.75, 3.05) is 18.5 Å². The van der Waals surface area contributed by atoms with Crippen LogP contribution in [0.5, 0.6) is 5.75 Å². The quantitative estimate of drug-likeness (QED) is 0.788. The van der Waals surface area contributed by atoms with E-state index in [0.29, 0.717) is 19.2 Å². The fraction of sp³-hybridized carbons (Fsp3) is 0.462. The van der Waals surface area contributed by atoms with E-state index in [1.807, 2.05) is 31.2 Å². The van der Waals surface area contributed by atoms with E-state index in [1.165, 1.54) is 12.8 Å². The molecule has 1 fully saturated rings. The van der Waals surface area contributed by atoms with Crippen molar-refractivity contribution >= 4 is 11.6 Å². The topological polar surface area (TPSA) is 50.4 Å². The first-order chi connectivity index (χ1) is 8.28. The predicted octanol–water partition coefficient (Wildman–Crippen LogP) is 1.78. The SMILES string of the molecule is CCOc1ccc(NC(=O)CNC2CC2)cc1. The van der Waals surface area contributed by atoms with Gasteiger partial charge in [0, 0.05) is 11.7 Å². The Bertz CT molecular complexity index is 372. The molecule has 17 heavy (non-hydrogen) atoms. The number of hydrogen-bond acceptors (Lipinski definition) is 3. The van der Waals surface area contributed by atoms with Crippen LogP contribution >= 0.6 is 0 Å². The van der Waals surface area contributed by atoms with E-state index in [4.69, 9.17) is 4.74 Å². The van der Waals surface area contributed by atoms with Gasteiger partial charge in [-0.3, -0.25) is 4.79 Å². The van der Waals surface area contributed by atoms with E-state index in [2.05, 4.69) is 10.6 Å². The summed E-state index contributed by atoms with van der Waals surface area (Å²) >= 11 is 0. The number of carbonyl (C=O) groups excluding carboxylic acids is 1. The third-order valence-electron chi connectivity index (χ3n) is 2.58. The maximum Gasteiger partial charge on any atom is 0.238 e. The zero-order valence-corrected chi connectivity index (χ0v) is 10.0. The maximum absolute atomic E-state index is 11.6. The minimum Gasteiger partial charge on any atom is -0.494 e. The molecular formula is C13H18N2O2. The Morgan fingerprint density at radius 1 is 1.35 bits per heavy atom. The summed E-state index contributed by atoms with van der Waals surface area (Å²) in [5.74, 6) is 0.822. The normalized spacial score (nSPS) is 14.4. The van der Waals surface area contributed by atoms with Gasteiger partial charge in [0.15, 0.2) is 0 Å². The number of rotatable bonds is 6. The lowest BCUT2D eigenvalue weighted by atomic mass is 10.3. The number of carbonyl (C=O) groups is 1. The van der Waals surface area contributed by atoms with E-state index < -0.39 is 0 Å². The second-order valence-corrected chi connectivity index (χ2v) is 4.16. The highest BCUT2D eigenvalue weighted by atomic mass is 16.5. The van der Waals surface area contributed by atoms with Crippen LogP contribution in [0, 0.1) is 0 Å². The molecule has 0 unspecified atom stereocenters. The van der Waals surface area contributed by atoms with Gasteiger partial charge in [0.25, 0.3) is 0 Å². The summed E-state index contributed by atoms with van der Waals surface area (Å²) in [7, 11) is 0. The number of benzene rings is 1. The highest BCUT2D eigenvalue weighted by molar-refractivity contribution is 5.92. The largest absolute Gasteiger partial charge is 0.494 e. The molecule has 0 saturated heterocycles. The number of ether oxygens (including phenoxy) is 1. The first kappa shape index (κ1) is 11.9. The summed E-state index contributed by atoms with van der Waals surface area (Å²) in [6.07, 6.45) is 2.38. The van der Waals surface area contributed by atoms with Crippen molar-refractivity contribution in [3.63, 3.8) is 0 Å². The Balaban J connectivity index is 1.78. The van der Waals surface area contributed by atoms with Gasteiger partial charge in [-0.05, 0) is 44.0 Å². The number of amides is 1. The zero-order valence-electron chi connectivity index (χ0n) is 10.0. The van der Waals surface area contributed by atoms with Gasteiger partial charge >= 0.3 is 0 Å². The van der Waals surface area contributed by atoms with Crippen molar-refractivity contribution in [1.29, 1.82) is 0 Å². The van der Waals surface area contributed by atoms with Gasteiger partial charge in [-0.1, -0.05) is 0 Å². The molecule has 1 aromatic carbocycles. The first-order valence-electron chi connectivity index (χ1n) is 6.04. The van der Waals surface area contributed by atoms with Gasteiger partial charge in [-0.25, -0.2) is 0 Å². The van der Waals surface area contributed by atoms with Crippen LogP contribution in [-0.2, 0) is 4.79 Å². The minimum atomic E-state index is 0.000981. The highest BCUT2D eigenvalue weighted by Crippen LogP contribution is 2.18. The van der Waals surface area contributed by atoms with Crippen molar-refractivity contribution < 1.29 is 9.53 Å². The average Bonchev–Trinajstić information content (AvgIpc) is 3.13. The van der Waals surface area contributed by atoms with Crippen molar-refractivity contribution in [3.8, 4) is 5.75 Å². The van der Waals surface area contributed by atoms with Crippen LogP contribution in [-0.4, -0.2) is 25.1 Å². The second kappa shape index (κ2) is 5.68. The summed E-state index contributed by atoms with van der Waals surface area (Å²) in [4.78, 5) is 11.6. The Morgan fingerprint density at radius 3 is 2.65 bits per heavy atom. The molecule has 0 spiro atoms.